The first-order valence-electron chi connectivity index (χ1n) is 15.3. The predicted octanol–water partition coefficient (Wildman–Crippen LogP) is 11.3. The van der Waals surface area contributed by atoms with Crippen LogP contribution in [0.2, 0.25) is 0 Å². The standard InChI is InChI=1S/C43H29N/c1-3-11-31(12-4-1)43-37-17-8-7-15-35(37)39-27-32(23-25-38(39)43)29-19-21-30(22-20-29)33-24-26-42-40(28-33)36-16-9-10-18-41(36)44(42)34-13-5-2-6-14-34/h1-28,43H. The van der Waals surface area contributed by atoms with E-state index in [9.17, 15) is 0 Å². The molecule has 9 rings (SSSR count). The SMILES string of the molecule is c1ccc(C2c3ccccc3-c3cc(-c4ccc(-c5ccc6c(c5)c5ccccc5n6-c5ccccc5)cc4)ccc32)cc1. The lowest BCUT2D eigenvalue weighted by Crippen LogP contribution is -1.98. The van der Waals surface area contributed by atoms with Crippen molar-refractivity contribution in [3.05, 3.63) is 187 Å². The molecule has 1 atom stereocenters. The molecule has 1 nitrogen and oxygen atoms in total. The molecule has 206 valence electrons. The highest BCUT2D eigenvalue weighted by atomic mass is 15.0. The van der Waals surface area contributed by atoms with Crippen molar-refractivity contribution in [3.8, 4) is 39.1 Å². The lowest BCUT2D eigenvalue weighted by atomic mass is 9.89. The Balaban J connectivity index is 1.10. The Morgan fingerprint density at radius 1 is 0.364 bits per heavy atom. The van der Waals surface area contributed by atoms with Crippen LogP contribution < -0.4 is 0 Å². The minimum absolute atomic E-state index is 0.279. The zero-order valence-corrected chi connectivity index (χ0v) is 24.2. The molecule has 0 aliphatic heterocycles. The largest absolute Gasteiger partial charge is 0.309 e. The van der Waals surface area contributed by atoms with Gasteiger partial charge in [0.05, 0.1) is 11.0 Å². The van der Waals surface area contributed by atoms with Gasteiger partial charge in [-0.3, -0.25) is 0 Å². The van der Waals surface area contributed by atoms with Crippen LogP contribution in [0.15, 0.2) is 170 Å². The zero-order valence-electron chi connectivity index (χ0n) is 24.2. The Morgan fingerprint density at radius 3 is 1.73 bits per heavy atom. The third-order valence-corrected chi connectivity index (χ3v) is 9.30. The van der Waals surface area contributed by atoms with Gasteiger partial charge >= 0.3 is 0 Å². The maximum atomic E-state index is 2.39. The first-order chi connectivity index (χ1) is 21.8. The number of fused-ring (bicyclic) bond motifs is 6. The van der Waals surface area contributed by atoms with Gasteiger partial charge in [-0.05, 0) is 86.5 Å². The summed E-state index contributed by atoms with van der Waals surface area (Å²) in [5.41, 5.74) is 15.4. The molecule has 0 bridgehead atoms. The molecule has 7 aromatic carbocycles. The van der Waals surface area contributed by atoms with Crippen LogP contribution in [-0.4, -0.2) is 4.57 Å². The monoisotopic (exact) mass is 559 g/mol. The van der Waals surface area contributed by atoms with Gasteiger partial charge in [-0.25, -0.2) is 0 Å². The van der Waals surface area contributed by atoms with Crippen LogP contribution in [0.1, 0.15) is 22.6 Å². The number of hydrogen-bond donors (Lipinski definition) is 0. The minimum Gasteiger partial charge on any atom is -0.309 e. The van der Waals surface area contributed by atoms with Gasteiger partial charge in [-0.15, -0.1) is 0 Å². The summed E-state index contributed by atoms with van der Waals surface area (Å²) in [4.78, 5) is 0. The number of rotatable bonds is 4. The third-order valence-electron chi connectivity index (χ3n) is 9.30. The van der Waals surface area contributed by atoms with Crippen molar-refractivity contribution in [2.24, 2.45) is 0 Å². The average molecular weight is 560 g/mol. The molecule has 1 aliphatic rings. The smallest absolute Gasteiger partial charge is 0.0541 e. The molecule has 44 heavy (non-hydrogen) atoms. The molecule has 1 unspecified atom stereocenters. The van der Waals surface area contributed by atoms with Crippen molar-refractivity contribution >= 4 is 21.8 Å². The molecule has 1 heterocycles. The summed E-state index contributed by atoms with van der Waals surface area (Å²) < 4.78 is 2.37. The maximum absolute atomic E-state index is 2.39. The minimum atomic E-state index is 0.279. The second-order valence-corrected chi connectivity index (χ2v) is 11.7. The Labute approximate surface area is 257 Å². The van der Waals surface area contributed by atoms with Gasteiger partial charge in [0.1, 0.15) is 0 Å². The molecule has 0 amide bonds. The number of para-hydroxylation sites is 2. The number of aromatic nitrogens is 1. The lowest BCUT2D eigenvalue weighted by Gasteiger charge is -2.14. The fourth-order valence-electron chi connectivity index (χ4n) is 7.25. The van der Waals surface area contributed by atoms with E-state index in [2.05, 4.69) is 174 Å². The summed E-state index contributed by atoms with van der Waals surface area (Å²) in [7, 11) is 0. The van der Waals surface area contributed by atoms with Gasteiger partial charge in [0.15, 0.2) is 0 Å². The first-order valence-corrected chi connectivity index (χ1v) is 15.3. The molecule has 0 radical (unpaired) electrons. The zero-order chi connectivity index (χ0) is 29.0. The second-order valence-electron chi connectivity index (χ2n) is 11.7. The first kappa shape index (κ1) is 24.9. The number of hydrogen-bond acceptors (Lipinski definition) is 0. The highest BCUT2D eigenvalue weighted by molar-refractivity contribution is 6.10. The molecule has 0 fully saturated rings. The van der Waals surface area contributed by atoms with Crippen LogP contribution in [-0.2, 0) is 0 Å². The van der Waals surface area contributed by atoms with Crippen molar-refractivity contribution in [2.75, 3.05) is 0 Å². The van der Waals surface area contributed by atoms with E-state index in [1.165, 1.54) is 77.6 Å². The molecule has 1 aliphatic carbocycles. The molecular formula is C43H29N. The summed E-state index contributed by atoms with van der Waals surface area (Å²) in [5, 5.41) is 2.55. The summed E-state index contributed by atoms with van der Waals surface area (Å²) >= 11 is 0. The van der Waals surface area contributed by atoms with Gasteiger partial charge in [-0.1, -0.05) is 133 Å². The molecule has 1 heteroatoms. The van der Waals surface area contributed by atoms with E-state index < -0.39 is 0 Å². The third kappa shape index (κ3) is 3.87. The molecule has 8 aromatic rings. The van der Waals surface area contributed by atoms with Crippen LogP contribution in [0.25, 0.3) is 60.9 Å². The molecule has 0 saturated carbocycles. The van der Waals surface area contributed by atoms with Gasteiger partial charge in [0.2, 0.25) is 0 Å². The van der Waals surface area contributed by atoms with Gasteiger partial charge in [-0.2, -0.15) is 0 Å². The van der Waals surface area contributed by atoms with E-state index in [4.69, 9.17) is 0 Å². The summed E-state index contributed by atoms with van der Waals surface area (Å²) in [5.74, 6) is 0.279. The van der Waals surface area contributed by atoms with Crippen molar-refractivity contribution in [2.45, 2.75) is 5.92 Å². The van der Waals surface area contributed by atoms with Crippen LogP contribution in [0.3, 0.4) is 0 Å². The van der Waals surface area contributed by atoms with Crippen molar-refractivity contribution in [3.63, 3.8) is 0 Å². The Hall–Kier alpha value is -5.66. The van der Waals surface area contributed by atoms with E-state index >= 15 is 0 Å². The highest BCUT2D eigenvalue weighted by Crippen LogP contribution is 2.49. The molecule has 0 spiro atoms. The lowest BCUT2D eigenvalue weighted by molar-refractivity contribution is 1.02. The van der Waals surface area contributed by atoms with Crippen LogP contribution in [0, 0.1) is 0 Å². The molecule has 1 aromatic heterocycles. The highest BCUT2D eigenvalue weighted by Gasteiger charge is 2.29. The topological polar surface area (TPSA) is 4.93 Å². The summed E-state index contributed by atoms with van der Waals surface area (Å²) in [6.45, 7) is 0. The fourth-order valence-corrected chi connectivity index (χ4v) is 7.25. The van der Waals surface area contributed by atoms with Gasteiger partial charge < -0.3 is 4.57 Å². The van der Waals surface area contributed by atoms with Crippen molar-refractivity contribution < 1.29 is 0 Å². The summed E-state index contributed by atoms with van der Waals surface area (Å²) in [6.07, 6.45) is 0. The average Bonchev–Trinajstić information content (AvgIpc) is 3.61. The quantitative estimate of drug-likeness (QED) is 0.202. The van der Waals surface area contributed by atoms with E-state index in [-0.39, 0.29) is 5.92 Å². The van der Waals surface area contributed by atoms with E-state index in [0.29, 0.717) is 0 Å². The summed E-state index contributed by atoms with van der Waals surface area (Å²) in [6, 6.07) is 62.1. The fraction of sp³-hybridized carbons (Fsp3) is 0.0233. The predicted molar refractivity (Wildman–Crippen MR) is 184 cm³/mol. The second kappa shape index (κ2) is 9.97. The number of benzene rings is 7. The van der Waals surface area contributed by atoms with Crippen molar-refractivity contribution in [1.29, 1.82) is 0 Å². The van der Waals surface area contributed by atoms with E-state index in [1.807, 2.05) is 0 Å². The van der Waals surface area contributed by atoms with Gasteiger partial charge in [0.25, 0.3) is 0 Å². The van der Waals surface area contributed by atoms with E-state index in [1.54, 1.807) is 0 Å². The maximum Gasteiger partial charge on any atom is 0.0541 e. The van der Waals surface area contributed by atoms with Crippen LogP contribution in [0.4, 0.5) is 0 Å². The number of nitrogens with zero attached hydrogens (tertiary/aromatic N) is 1. The Kier molecular flexibility index (Phi) is 5.64. The van der Waals surface area contributed by atoms with Gasteiger partial charge in [0, 0.05) is 22.4 Å². The Morgan fingerprint density at radius 2 is 0.932 bits per heavy atom. The molecule has 0 saturated heterocycles. The molecule has 0 N–H and O–H groups in total. The van der Waals surface area contributed by atoms with Crippen molar-refractivity contribution in [1.82, 2.24) is 4.57 Å². The van der Waals surface area contributed by atoms with E-state index in [0.717, 1.165) is 0 Å². The normalized spacial score (nSPS) is 13.7. The van der Waals surface area contributed by atoms with Crippen LogP contribution in [0.5, 0.6) is 0 Å². The Bertz CT molecular complexity index is 2310. The molecular weight excluding hydrogens is 530 g/mol. The van der Waals surface area contributed by atoms with Crippen LogP contribution >= 0.6 is 0 Å².